The third kappa shape index (κ3) is 3.57. The number of Topliss-reactive ketones (excluding diaryl/α,β-unsaturated/α-hetero) is 1. The third-order valence-corrected chi connectivity index (χ3v) is 3.17. The van der Waals surface area contributed by atoms with Crippen LogP contribution in [0.4, 0.5) is 5.69 Å². The first-order valence-electron chi connectivity index (χ1n) is 5.63. The Morgan fingerprint density at radius 2 is 2.16 bits per heavy atom. The molecule has 1 unspecified atom stereocenters. The molecule has 0 bridgehead atoms. The Labute approximate surface area is 118 Å². The molecule has 1 aliphatic rings. The predicted molar refractivity (Wildman–Crippen MR) is 72.6 cm³/mol. The highest BCUT2D eigenvalue weighted by atomic mass is 79.9. The molecule has 0 saturated carbocycles. The van der Waals surface area contributed by atoms with Gasteiger partial charge in [-0.2, -0.15) is 0 Å². The summed E-state index contributed by atoms with van der Waals surface area (Å²) in [5.74, 6) is -0.107. The molecule has 0 amide bonds. The van der Waals surface area contributed by atoms with Gasteiger partial charge in [0.15, 0.2) is 6.61 Å². The lowest BCUT2D eigenvalue weighted by atomic mass is 10.1. The Morgan fingerprint density at radius 3 is 2.74 bits per heavy atom. The molecule has 0 saturated heterocycles. The smallest absolute Gasteiger partial charge is 0.293 e. The van der Waals surface area contributed by atoms with E-state index in [4.69, 9.17) is 9.47 Å². The summed E-state index contributed by atoms with van der Waals surface area (Å²) >= 11 is 3.35. The molecule has 0 radical (unpaired) electrons. The first-order valence-corrected chi connectivity index (χ1v) is 6.42. The fraction of sp³-hybridized carbons (Fsp3) is 0.231. The summed E-state index contributed by atoms with van der Waals surface area (Å²) in [5.41, 5.74) is 1.30. The van der Waals surface area contributed by atoms with Crippen LogP contribution in [0.15, 0.2) is 40.6 Å². The number of carbonyl (C=O) groups is 2. The molecule has 2 rings (SSSR count). The van der Waals surface area contributed by atoms with Crippen LogP contribution >= 0.6 is 15.9 Å². The number of hydrogen-bond donors (Lipinski definition) is 1. The van der Waals surface area contributed by atoms with Gasteiger partial charge in [-0.05, 0) is 24.3 Å². The highest BCUT2D eigenvalue weighted by Crippen LogP contribution is 2.19. The molecule has 0 aliphatic carbocycles. The molecule has 5 nitrogen and oxygen atoms in total. The van der Waals surface area contributed by atoms with Crippen molar-refractivity contribution in [3.8, 4) is 0 Å². The molecular formula is C13H12BrNO4. The minimum absolute atomic E-state index is 0.0366. The minimum atomic E-state index is -0.415. The van der Waals surface area contributed by atoms with Crippen LogP contribution in [0, 0.1) is 0 Å². The van der Waals surface area contributed by atoms with E-state index in [0.717, 1.165) is 10.2 Å². The fourth-order valence-corrected chi connectivity index (χ4v) is 1.99. The van der Waals surface area contributed by atoms with E-state index in [-0.39, 0.29) is 19.0 Å². The van der Waals surface area contributed by atoms with E-state index >= 15 is 0 Å². The maximum absolute atomic E-state index is 11.6. The van der Waals surface area contributed by atoms with Gasteiger partial charge in [0.2, 0.25) is 5.78 Å². The van der Waals surface area contributed by atoms with Crippen molar-refractivity contribution in [2.75, 3.05) is 18.5 Å². The summed E-state index contributed by atoms with van der Waals surface area (Å²) in [6.07, 6.45) is 1.41. The Morgan fingerprint density at radius 1 is 1.42 bits per heavy atom. The maximum Gasteiger partial charge on any atom is 0.293 e. The number of hydrogen-bond acceptors (Lipinski definition) is 5. The molecule has 1 aliphatic heterocycles. The lowest BCUT2D eigenvalue weighted by Gasteiger charge is -2.18. The average Bonchev–Trinajstić information content (AvgIpc) is 2.83. The van der Waals surface area contributed by atoms with E-state index < -0.39 is 6.04 Å². The molecule has 1 atom stereocenters. The van der Waals surface area contributed by atoms with Gasteiger partial charge < -0.3 is 14.8 Å². The Bertz CT molecular complexity index is 498. The number of ether oxygens (including phenoxy) is 2. The summed E-state index contributed by atoms with van der Waals surface area (Å²) in [6.45, 7) is 0.465. The normalized spacial score (nSPS) is 15.4. The Kier molecular flexibility index (Phi) is 4.57. The molecule has 19 heavy (non-hydrogen) atoms. The van der Waals surface area contributed by atoms with Crippen molar-refractivity contribution in [3.63, 3.8) is 0 Å². The zero-order valence-electron chi connectivity index (χ0n) is 9.97. The standard InChI is InChI=1S/C13H12BrNO4/c14-9-1-3-10(4-2-9)15-12(6-19-8-16)11-5-18-7-13(11)17/h1-5,8,12,15H,6-7H2. The lowest BCUT2D eigenvalue weighted by molar-refractivity contribution is -0.129. The van der Waals surface area contributed by atoms with Gasteiger partial charge in [-0.25, -0.2) is 0 Å². The van der Waals surface area contributed by atoms with E-state index in [1.165, 1.54) is 6.26 Å². The van der Waals surface area contributed by atoms with Crippen molar-refractivity contribution in [2.24, 2.45) is 0 Å². The van der Waals surface area contributed by atoms with Crippen LogP contribution in [-0.2, 0) is 19.1 Å². The van der Waals surface area contributed by atoms with Crippen molar-refractivity contribution < 1.29 is 19.1 Å². The first kappa shape index (κ1) is 13.6. The van der Waals surface area contributed by atoms with E-state index in [1.807, 2.05) is 24.3 Å². The summed E-state index contributed by atoms with van der Waals surface area (Å²) in [4.78, 5) is 21.9. The predicted octanol–water partition coefficient (Wildman–Crippen LogP) is 1.89. The van der Waals surface area contributed by atoms with Crippen molar-refractivity contribution in [1.82, 2.24) is 0 Å². The van der Waals surface area contributed by atoms with Crippen LogP contribution < -0.4 is 5.32 Å². The van der Waals surface area contributed by atoms with Gasteiger partial charge in [0.25, 0.3) is 6.47 Å². The topological polar surface area (TPSA) is 64.6 Å². The van der Waals surface area contributed by atoms with Gasteiger partial charge in [0.05, 0.1) is 17.9 Å². The van der Waals surface area contributed by atoms with E-state index in [9.17, 15) is 9.59 Å². The largest absolute Gasteiger partial charge is 0.493 e. The van der Waals surface area contributed by atoms with Gasteiger partial charge in [-0.1, -0.05) is 15.9 Å². The second-order valence-electron chi connectivity index (χ2n) is 3.94. The van der Waals surface area contributed by atoms with Crippen molar-refractivity contribution >= 4 is 33.9 Å². The van der Waals surface area contributed by atoms with Crippen molar-refractivity contribution in [2.45, 2.75) is 6.04 Å². The number of rotatable bonds is 6. The number of ketones is 1. The number of anilines is 1. The number of benzene rings is 1. The molecule has 0 spiro atoms. The number of nitrogens with one attached hydrogen (secondary N) is 1. The molecule has 0 fully saturated rings. The van der Waals surface area contributed by atoms with Crippen LogP contribution in [0.5, 0.6) is 0 Å². The van der Waals surface area contributed by atoms with E-state index in [1.54, 1.807) is 0 Å². The lowest BCUT2D eigenvalue weighted by Crippen LogP contribution is -2.30. The number of carbonyl (C=O) groups excluding carboxylic acids is 2. The van der Waals surface area contributed by atoms with Crippen LogP contribution in [0.1, 0.15) is 0 Å². The van der Waals surface area contributed by atoms with E-state index in [2.05, 4.69) is 21.2 Å². The second-order valence-corrected chi connectivity index (χ2v) is 4.86. The van der Waals surface area contributed by atoms with Gasteiger partial charge in [-0.15, -0.1) is 0 Å². The molecule has 100 valence electrons. The van der Waals surface area contributed by atoms with Crippen molar-refractivity contribution in [3.05, 3.63) is 40.6 Å². The summed E-state index contributed by atoms with van der Waals surface area (Å²) in [5, 5.41) is 3.14. The van der Waals surface area contributed by atoms with Crippen LogP contribution in [0.25, 0.3) is 0 Å². The summed E-state index contributed by atoms with van der Waals surface area (Å²) in [6, 6.07) is 7.06. The fourth-order valence-electron chi connectivity index (χ4n) is 1.72. The molecule has 1 N–H and O–H groups in total. The highest BCUT2D eigenvalue weighted by molar-refractivity contribution is 9.10. The van der Waals surface area contributed by atoms with Gasteiger partial charge >= 0.3 is 0 Å². The molecule has 0 aromatic heterocycles. The van der Waals surface area contributed by atoms with Gasteiger partial charge in [0, 0.05) is 10.2 Å². The van der Waals surface area contributed by atoms with Crippen LogP contribution in [0.2, 0.25) is 0 Å². The summed E-state index contributed by atoms with van der Waals surface area (Å²) < 4.78 is 10.7. The van der Waals surface area contributed by atoms with Crippen LogP contribution in [0.3, 0.4) is 0 Å². The Hall–Kier alpha value is -1.82. The zero-order chi connectivity index (χ0) is 13.7. The first-order chi connectivity index (χ1) is 9.20. The SMILES string of the molecule is O=COCC(Nc1ccc(Br)cc1)C1=COCC1=O. The summed E-state index contributed by atoms with van der Waals surface area (Å²) in [7, 11) is 0. The zero-order valence-corrected chi connectivity index (χ0v) is 11.6. The quantitative estimate of drug-likeness (QED) is 0.809. The molecular weight excluding hydrogens is 314 g/mol. The second kappa shape index (κ2) is 6.38. The highest BCUT2D eigenvalue weighted by Gasteiger charge is 2.26. The van der Waals surface area contributed by atoms with E-state index in [0.29, 0.717) is 12.0 Å². The van der Waals surface area contributed by atoms with Crippen LogP contribution in [-0.4, -0.2) is 31.5 Å². The van der Waals surface area contributed by atoms with Gasteiger partial charge in [-0.3, -0.25) is 9.59 Å². The molecule has 6 heteroatoms. The van der Waals surface area contributed by atoms with Crippen molar-refractivity contribution in [1.29, 1.82) is 0 Å². The minimum Gasteiger partial charge on any atom is -0.493 e. The monoisotopic (exact) mass is 325 g/mol. The molecule has 1 aromatic carbocycles. The third-order valence-electron chi connectivity index (χ3n) is 2.64. The van der Waals surface area contributed by atoms with Gasteiger partial charge in [0.1, 0.15) is 6.61 Å². The molecule has 1 heterocycles. The number of halogens is 1. The Balaban J connectivity index is 2.11. The maximum atomic E-state index is 11.6. The molecule has 1 aromatic rings. The average molecular weight is 326 g/mol.